The fourth-order valence-electron chi connectivity index (χ4n) is 3.05. The Hall–Kier alpha value is -3.16. The third-order valence-corrected chi connectivity index (χ3v) is 4.33. The Kier molecular flexibility index (Phi) is 6.08. The molecular weight excluding hydrogens is 372 g/mol. The molecule has 0 radical (unpaired) electrons. The molecule has 1 heterocycles. The van der Waals surface area contributed by atoms with E-state index in [2.05, 4.69) is 4.74 Å². The maximum atomic E-state index is 12.6. The number of anilines is 1. The molecule has 0 fully saturated rings. The highest BCUT2D eigenvalue weighted by Gasteiger charge is 2.24. The Bertz CT molecular complexity index is 871. The van der Waals surface area contributed by atoms with Gasteiger partial charge in [0.25, 0.3) is 5.91 Å². The molecule has 3 rings (SSSR count). The van der Waals surface area contributed by atoms with Crippen molar-refractivity contribution in [1.82, 2.24) is 0 Å². The number of amides is 1. The van der Waals surface area contributed by atoms with Crippen molar-refractivity contribution in [3.8, 4) is 11.5 Å². The van der Waals surface area contributed by atoms with E-state index in [4.69, 9.17) is 9.47 Å². The molecule has 2 aromatic carbocycles. The van der Waals surface area contributed by atoms with E-state index in [-0.39, 0.29) is 17.2 Å². The highest BCUT2D eigenvalue weighted by Crippen LogP contribution is 2.30. The second-order valence-electron chi connectivity index (χ2n) is 6.13. The quantitative estimate of drug-likeness (QED) is 0.706. The van der Waals surface area contributed by atoms with Crippen molar-refractivity contribution >= 4 is 17.6 Å². The van der Waals surface area contributed by atoms with Gasteiger partial charge >= 0.3 is 12.6 Å². The van der Waals surface area contributed by atoms with Crippen LogP contribution >= 0.6 is 0 Å². The number of aryl methyl sites for hydroxylation is 1. The summed E-state index contributed by atoms with van der Waals surface area (Å²) in [5.41, 5.74) is 1.78. The van der Waals surface area contributed by atoms with Crippen LogP contribution in [-0.2, 0) is 16.0 Å². The topological polar surface area (TPSA) is 65.1 Å². The van der Waals surface area contributed by atoms with Crippen molar-refractivity contribution in [1.29, 1.82) is 0 Å². The molecule has 148 valence electrons. The lowest BCUT2D eigenvalue weighted by molar-refractivity contribution is -0.121. The van der Waals surface area contributed by atoms with Gasteiger partial charge in [-0.1, -0.05) is 6.07 Å². The minimum Gasteiger partial charge on any atom is -0.497 e. The van der Waals surface area contributed by atoms with Gasteiger partial charge in [-0.2, -0.15) is 8.78 Å². The summed E-state index contributed by atoms with van der Waals surface area (Å²) in [5.74, 6) is -0.598. The van der Waals surface area contributed by atoms with Crippen molar-refractivity contribution < 1.29 is 32.6 Å². The van der Waals surface area contributed by atoms with Gasteiger partial charge < -0.3 is 19.1 Å². The SMILES string of the molecule is COc1ccc2c(c1)CCCN2C(=O)COC(=O)c1cccc(OC(F)F)c1. The summed E-state index contributed by atoms with van der Waals surface area (Å²) in [6.07, 6.45) is 1.61. The van der Waals surface area contributed by atoms with Crippen LogP contribution in [0.2, 0.25) is 0 Å². The summed E-state index contributed by atoms with van der Waals surface area (Å²) in [5, 5.41) is 0. The van der Waals surface area contributed by atoms with Gasteiger partial charge in [0.1, 0.15) is 11.5 Å². The van der Waals surface area contributed by atoms with Gasteiger partial charge in [-0.15, -0.1) is 0 Å². The number of benzene rings is 2. The largest absolute Gasteiger partial charge is 0.497 e. The van der Waals surface area contributed by atoms with Gasteiger partial charge in [0, 0.05) is 12.2 Å². The fourth-order valence-corrected chi connectivity index (χ4v) is 3.05. The first-order valence-electron chi connectivity index (χ1n) is 8.67. The van der Waals surface area contributed by atoms with Crippen LogP contribution in [0.5, 0.6) is 11.5 Å². The third-order valence-electron chi connectivity index (χ3n) is 4.33. The predicted octanol–water partition coefficient (Wildman–Crippen LogP) is 3.43. The van der Waals surface area contributed by atoms with Crippen LogP contribution < -0.4 is 14.4 Å². The first kappa shape index (κ1) is 19.6. The van der Waals surface area contributed by atoms with Crippen LogP contribution in [0.15, 0.2) is 42.5 Å². The Morgan fingerprint density at radius 2 is 1.96 bits per heavy atom. The molecule has 1 amide bonds. The molecule has 0 atom stereocenters. The van der Waals surface area contributed by atoms with Crippen LogP contribution in [-0.4, -0.2) is 38.7 Å². The first-order chi connectivity index (χ1) is 13.5. The molecule has 8 heteroatoms. The number of alkyl halides is 2. The van der Waals surface area contributed by atoms with E-state index in [0.29, 0.717) is 12.3 Å². The number of fused-ring (bicyclic) bond motifs is 1. The molecule has 6 nitrogen and oxygen atoms in total. The number of rotatable bonds is 6. The van der Waals surface area contributed by atoms with Gasteiger partial charge in [-0.05, 0) is 54.8 Å². The van der Waals surface area contributed by atoms with Gasteiger partial charge in [-0.3, -0.25) is 4.79 Å². The predicted molar refractivity (Wildman–Crippen MR) is 97.0 cm³/mol. The molecule has 0 saturated carbocycles. The molecule has 1 aliphatic rings. The minimum atomic E-state index is -2.99. The van der Waals surface area contributed by atoms with E-state index in [1.807, 2.05) is 6.07 Å². The molecule has 1 aliphatic heterocycles. The van der Waals surface area contributed by atoms with Crippen molar-refractivity contribution in [3.63, 3.8) is 0 Å². The average molecular weight is 391 g/mol. The lowest BCUT2D eigenvalue weighted by Crippen LogP contribution is -2.38. The van der Waals surface area contributed by atoms with Gasteiger partial charge in [0.15, 0.2) is 6.61 Å². The summed E-state index contributed by atoms with van der Waals surface area (Å²) in [6, 6.07) is 10.7. The van der Waals surface area contributed by atoms with E-state index < -0.39 is 19.2 Å². The maximum Gasteiger partial charge on any atom is 0.387 e. The van der Waals surface area contributed by atoms with Crippen LogP contribution in [0.4, 0.5) is 14.5 Å². The number of ether oxygens (including phenoxy) is 3. The van der Waals surface area contributed by atoms with Crippen LogP contribution in [0, 0.1) is 0 Å². The molecule has 0 aliphatic carbocycles. The van der Waals surface area contributed by atoms with E-state index >= 15 is 0 Å². The number of hydrogen-bond donors (Lipinski definition) is 0. The number of halogens is 2. The number of hydrogen-bond acceptors (Lipinski definition) is 5. The Balaban J connectivity index is 1.64. The van der Waals surface area contributed by atoms with Gasteiger partial charge in [0.2, 0.25) is 0 Å². The Labute approximate surface area is 160 Å². The fraction of sp³-hybridized carbons (Fsp3) is 0.300. The van der Waals surface area contributed by atoms with Gasteiger partial charge in [-0.25, -0.2) is 4.79 Å². The molecule has 0 bridgehead atoms. The molecule has 0 saturated heterocycles. The number of methoxy groups -OCH3 is 1. The monoisotopic (exact) mass is 391 g/mol. The zero-order valence-electron chi connectivity index (χ0n) is 15.2. The average Bonchev–Trinajstić information content (AvgIpc) is 2.70. The molecule has 2 aromatic rings. The second kappa shape index (κ2) is 8.69. The highest BCUT2D eigenvalue weighted by molar-refractivity contribution is 5.98. The standard InChI is InChI=1S/C20H19F2NO5/c1-26-15-7-8-17-13(10-15)5-3-9-23(17)18(24)12-27-19(25)14-4-2-6-16(11-14)28-20(21)22/h2,4,6-8,10-11,20H,3,5,9,12H2,1H3. The molecular formula is C20H19F2NO5. The van der Waals surface area contributed by atoms with Crippen molar-refractivity contribution in [2.24, 2.45) is 0 Å². The number of esters is 1. The third kappa shape index (κ3) is 4.57. The zero-order valence-corrected chi connectivity index (χ0v) is 15.2. The summed E-state index contributed by atoms with van der Waals surface area (Å²) in [4.78, 5) is 26.3. The van der Waals surface area contributed by atoms with E-state index in [9.17, 15) is 18.4 Å². The lowest BCUT2D eigenvalue weighted by Gasteiger charge is -2.29. The molecule has 0 N–H and O–H groups in total. The summed E-state index contributed by atoms with van der Waals surface area (Å²) in [6.45, 7) is -2.93. The molecule has 0 unspecified atom stereocenters. The van der Waals surface area contributed by atoms with Crippen LogP contribution in [0.25, 0.3) is 0 Å². The molecule has 0 aromatic heterocycles. The van der Waals surface area contributed by atoms with E-state index in [1.54, 1.807) is 24.1 Å². The van der Waals surface area contributed by atoms with E-state index in [1.165, 1.54) is 18.2 Å². The minimum absolute atomic E-state index is 0.0229. The Morgan fingerprint density at radius 1 is 1.14 bits per heavy atom. The van der Waals surface area contributed by atoms with Crippen molar-refractivity contribution in [2.75, 3.05) is 25.2 Å². The second-order valence-corrected chi connectivity index (χ2v) is 6.13. The summed E-state index contributed by atoms with van der Waals surface area (Å²) >= 11 is 0. The maximum absolute atomic E-state index is 12.6. The number of carbonyl (C=O) groups is 2. The lowest BCUT2D eigenvalue weighted by atomic mass is 10.0. The Morgan fingerprint density at radius 3 is 2.71 bits per heavy atom. The van der Waals surface area contributed by atoms with Crippen molar-refractivity contribution in [3.05, 3.63) is 53.6 Å². The van der Waals surface area contributed by atoms with E-state index in [0.717, 1.165) is 30.2 Å². The zero-order chi connectivity index (χ0) is 20.1. The summed E-state index contributed by atoms with van der Waals surface area (Å²) < 4.78 is 39.1. The number of nitrogens with zero attached hydrogens (tertiary/aromatic N) is 1. The molecule has 0 spiro atoms. The highest BCUT2D eigenvalue weighted by atomic mass is 19.3. The van der Waals surface area contributed by atoms with Crippen LogP contribution in [0.3, 0.4) is 0 Å². The first-order valence-corrected chi connectivity index (χ1v) is 8.67. The normalized spacial score (nSPS) is 13.1. The summed E-state index contributed by atoms with van der Waals surface area (Å²) in [7, 11) is 1.58. The van der Waals surface area contributed by atoms with Crippen LogP contribution in [0.1, 0.15) is 22.3 Å². The number of carbonyl (C=O) groups excluding carboxylic acids is 2. The van der Waals surface area contributed by atoms with Gasteiger partial charge in [0.05, 0.1) is 12.7 Å². The van der Waals surface area contributed by atoms with Crippen molar-refractivity contribution in [2.45, 2.75) is 19.5 Å². The molecule has 28 heavy (non-hydrogen) atoms. The smallest absolute Gasteiger partial charge is 0.387 e.